The summed E-state index contributed by atoms with van der Waals surface area (Å²) in [6.07, 6.45) is 11.5. The molecule has 0 bridgehead atoms. The molecular weight excluding hydrogens is 436 g/mol. The first-order valence-corrected chi connectivity index (χ1v) is 14.5. The van der Waals surface area contributed by atoms with Crippen molar-refractivity contribution in [2.24, 2.45) is 11.8 Å². The quantitative estimate of drug-likeness (QED) is 0.373. The van der Waals surface area contributed by atoms with Crippen molar-refractivity contribution in [3.63, 3.8) is 0 Å². The summed E-state index contributed by atoms with van der Waals surface area (Å²) >= 11 is 0. The first kappa shape index (κ1) is 22.5. The molecule has 2 unspecified atom stereocenters. The lowest BCUT2D eigenvalue weighted by molar-refractivity contribution is 0.140. The minimum Gasteiger partial charge on any atom is -0.342 e. The highest BCUT2D eigenvalue weighted by Gasteiger charge is 2.66. The topological polar surface area (TPSA) is 6.48 Å². The van der Waals surface area contributed by atoms with Gasteiger partial charge in [0.25, 0.3) is 0 Å². The molecule has 4 aliphatic rings. The SMILES string of the molecule is Cc1ccccc1N1C(c2ccccc2)N2c3ccccc3C(C3CCCC3)(C3CCCC3)C2[C@@H]1C. The number of anilines is 2. The lowest BCUT2D eigenvalue weighted by Crippen LogP contribution is -2.55. The highest BCUT2D eigenvalue weighted by Crippen LogP contribution is 2.65. The van der Waals surface area contributed by atoms with Crippen LogP contribution in [0.15, 0.2) is 78.9 Å². The van der Waals surface area contributed by atoms with E-state index in [-0.39, 0.29) is 11.6 Å². The van der Waals surface area contributed by atoms with E-state index in [9.17, 15) is 0 Å². The highest BCUT2D eigenvalue weighted by molar-refractivity contribution is 5.73. The van der Waals surface area contributed by atoms with Gasteiger partial charge < -0.3 is 9.80 Å². The fraction of sp³-hybridized carbons (Fsp3) is 0.471. The van der Waals surface area contributed by atoms with Gasteiger partial charge in [0.2, 0.25) is 0 Å². The largest absolute Gasteiger partial charge is 0.342 e. The van der Waals surface area contributed by atoms with E-state index in [2.05, 4.69) is 103 Å². The average Bonchev–Trinajstić information content (AvgIpc) is 3.71. The van der Waals surface area contributed by atoms with Crippen LogP contribution in [0.5, 0.6) is 0 Å². The van der Waals surface area contributed by atoms with E-state index in [0.29, 0.717) is 12.1 Å². The van der Waals surface area contributed by atoms with Crippen LogP contribution >= 0.6 is 0 Å². The Morgan fingerprint density at radius 2 is 1.19 bits per heavy atom. The number of aryl methyl sites for hydroxylation is 1. The van der Waals surface area contributed by atoms with Gasteiger partial charge in [-0.3, -0.25) is 0 Å². The van der Waals surface area contributed by atoms with Gasteiger partial charge in [-0.25, -0.2) is 0 Å². The number of hydrogen-bond donors (Lipinski definition) is 0. The second-order valence-electron chi connectivity index (χ2n) is 12.0. The maximum Gasteiger partial charge on any atom is 0.129 e. The van der Waals surface area contributed by atoms with Crippen molar-refractivity contribution in [1.82, 2.24) is 0 Å². The van der Waals surface area contributed by atoms with E-state index in [1.807, 2.05) is 0 Å². The maximum atomic E-state index is 2.90. The van der Waals surface area contributed by atoms with Gasteiger partial charge in [-0.1, -0.05) is 92.4 Å². The second-order valence-corrected chi connectivity index (χ2v) is 12.0. The van der Waals surface area contributed by atoms with Crippen LogP contribution in [-0.2, 0) is 5.41 Å². The molecule has 0 amide bonds. The van der Waals surface area contributed by atoms with E-state index < -0.39 is 0 Å². The minimum atomic E-state index is 0.220. The third kappa shape index (κ3) is 3.03. The number of rotatable bonds is 4. The molecule has 7 rings (SSSR count). The van der Waals surface area contributed by atoms with Crippen LogP contribution in [0, 0.1) is 18.8 Å². The molecule has 0 spiro atoms. The molecular formula is C34H40N2. The van der Waals surface area contributed by atoms with Crippen molar-refractivity contribution < 1.29 is 0 Å². The Labute approximate surface area is 217 Å². The third-order valence-corrected chi connectivity index (χ3v) is 10.4. The predicted molar refractivity (Wildman–Crippen MR) is 151 cm³/mol. The molecule has 3 aromatic rings. The van der Waals surface area contributed by atoms with E-state index in [1.165, 1.54) is 73.9 Å². The van der Waals surface area contributed by atoms with E-state index in [0.717, 1.165) is 11.8 Å². The molecule has 3 fully saturated rings. The molecule has 2 saturated carbocycles. The summed E-state index contributed by atoms with van der Waals surface area (Å²) in [5.41, 5.74) is 7.65. The summed E-state index contributed by atoms with van der Waals surface area (Å²) in [6.45, 7) is 4.85. The van der Waals surface area contributed by atoms with Gasteiger partial charge in [-0.2, -0.15) is 0 Å². The molecule has 0 radical (unpaired) electrons. The van der Waals surface area contributed by atoms with Crippen molar-refractivity contribution in [2.45, 2.75) is 88.9 Å². The van der Waals surface area contributed by atoms with Crippen molar-refractivity contribution in [1.29, 1.82) is 0 Å². The van der Waals surface area contributed by atoms with Gasteiger partial charge in [0, 0.05) is 22.8 Å². The van der Waals surface area contributed by atoms with Crippen LogP contribution in [0.3, 0.4) is 0 Å². The second kappa shape index (κ2) is 8.68. The number of fused-ring (bicyclic) bond motifs is 3. The summed E-state index contributed by atoms with van der Waals surface area (Å²) in [4.78, 5) is 5.70. The highest BCUT2D eigenvalue weighted by atomic mass is 15.5. The first-order chi connectivity index (χ1) is 17.7. The van der Waals surface area contributed by atoms with Gasteiger partial charge in [-0.05, 0) is 80.2 Å². The van der Waals surface area contributed by atoms with Gasteiger partial charge in [0.05, 0.1) is 6.04 Å². The Morgan fingerprint density at radius 1 is 0.639 bits per heavy atom. The Hall–Kier alpha value is -2.74. The molecule has 2 heterocycles. The van der Waals surface area contributed by atoms with Gasteiger partial charge in [-0.15, -0.1) is 0 Å². The zero-order valence-corrected chi connectivity index (χ0v) is 21.9. The van der Waals surface area contributed by atoms with Gasteiger partial charge >= 0.3 is 0 Å². The molecule has 0 aromatic heterocycles. The molecule has 186 valence electrons. The number of nitrogens with zero attached hydrogens (tertiary/aromatic N) is 2. The predicted octanol–water partition coefficient (Wildman–Crippen LogP) is 8.41. The summed E-state index contributed by atoms with van der Waals surface area (Å²) in [5, 5.41) is 0. The minimum absolute atomic E-state index is 0.220. The molecule has 36 heavy (non-hydrogen) atoms. The van der Waals surface area contributed by atoms with Gasteiger partial charge in [0.15, 0.2) is 0 Å². The molecule has 2 nitrogen and oxygen atoms in total. The molecule has 2 aliphatic carbocycles. The van der Waals surface area contributed by atoms with Crippen molar-refractivity contribution >= 4 is 11.4 Å². The van der Waals surface area contributed by atoms with E-state index in [1.54, 1.807) is 5.56 Å². The molecule has 3 aromatic carbocycles. The summed E-state index contributed by atoms with van der Waals surface area (Å²) < 4.78 is 0. The number of benzene rings is 3. The fourth-order valence-corrected chi connectivity index (χ4v) is 9.24. The molecule has 2 aliphatic heterocycles. The lowest BCUT2D eigenvalue weighted by atomic mass is 9.57. The molecule has 0 N–H and O–H groups in total. The number of hydrogen-bond acceptors (Lipinski definition) is 2. The van der Waals surface area contributed by atoms with Crippen LogP contribution in [0.1, 0.15) is 81.1 Å². The Morgan fingerprint density at radius 3 is 1.83 bits per heavy atom. The Kier molecular flexibility index (Phi) is 5.42. The summed E-state index contributed by atoms with van der Waals surface area (Å²) in [7, 11) is 0. The normalized spacial score (nSPS) is 27.6. The van der Waals surface area contributed by atoms with Crippen molar-refractivity contribution in [3.05, 3.63) is 95.6 Å². The smallest absolute Gasteiger partial charge is 0.129 e. The summed E-state index contributed by atoms with van der Waals surface area (Å²) in [5.74, 6) is 1.60. The van der Waals surface area contributed by atoms with Gasteiger partial charge in [0.1, 0.15) is 6.17 Å². The zero-order chi connectivity index (χ0) is 24.3. The lowest BCUT2D eigenvalue weighted by Gasteiger charge is -2.48. The fourth-order valence-electron chi connectivity index (χ4n) is 9.24. The standard InChI is InChI=1S/C34H40N2/c1-24-14-6-12-22-30(24)35-25(2)32-34(27-17-7-8-18-27,28-19-9-10-20-28)29-21-11-13-23-31(29)36(32)33(35)26-15-4-3-5-16-26/h3-6,11-16,21-23,25,27-28,32-33H,7-10,17-20H2,1-2H3/t25-,32?,33?/m0/s1. The van der Waals surface area contributed by atoms with E-state index >= 15 is 0 Å². The van der Waals surface area contributed by atoms with Crippen LogP contribution in [0.25, 0.3) is 0 Å². The molecule has 2 heteroatoms. The van der Waals surface area contributed by atoms with Crippen LogP contribution in [-0.4, -0.2) is 12.1 Å². The van der Waals surface area contributed by atoms with Crippen molar-refractivity contribution in [2.75, 3.05) is 9.80 Å². The van der Waals surface area contributed by atoms with Crippen molar-refractivity contribution in [3.8, 4) is 0 Å². The van der Waals surface area contributed by atoms with Crippen LogP contribution in [0.4, 0.5) is 11.4 Å². The van der Waals surface area contributed by atoms with E-state index in [4.69, 9.17) is 0 Å². The van der Waals surface area contributed by atoms with Crippen LogP contribution < -0.4 is 9.80 Å². The Balaban J connectivity index is 1.50. The van der Waals surface area contributed by atoms with Crippen LogP contribution in [0.2, 0.25) is 0 Å². The maximum absolute atomic E-state index is 2.90. The zero-order valence-electron chi connectivity index (χ0n) is 21.9. The summed E-state index contributed by atoms with van der Waals surface area (Å²) in [6, 6.07) is 31.0. The number of para-hydroxylation sites is 2. The molecule has 1 saturated heterocycles. The first-order valence-electron chi connectivity index (χ1n) is 14.5. The molecule has 3 atom stereocenters. The Bertz CT molecular complexity index is 1200. The third-order valence-electron chi connectivity index (χ3n) is 10.4. The monoisotopic (exact) mass is 476 g/mol. The average molecular weight is 477 g/mol.